The first-order valence-corrected chi connectivity index (χ1v) is 12.6. The van der Waals surface area contributed by atoms with E-state index in [1.165, 1.54) is 31.2 Å². The third kappa shape index (κ3) is 7.07. The zero-order chi connectivity index (χ0) is 23.7. The molecule has 180 valence electrons. The molecule has 0 bridgehead atoms. The molecule has 3 rings (SSSR count). The summed E-state index contributed by atoms with van der Waals surface area (Å²) in [6.45, 7) is 7.39. The molecule has 2 aromatic rings. The van der Waals surface area contributed by atoms with E-state index in [9.17, 15) is 10.3 Å². The van der Waals surface area contributed by atoms with Crippen molar-refractivity contribution < 1.29 is 15.1 Å². The number of ether oxygens (including phenoxy) is 1. The number of nitrogens with zero attached hydrogens (tertiary/aromatic N) is 1. The van der Waals surface area contributed by atoms with Crippen LogP contribution in [0.25, 0.3) is 0 Å². The van der Waals surface area contributed by atoms with Crippen LogP contribution in [0.1, 0.15) is 94.7 Å². The molecule has 0 aromatic heterocycles. The van der Waals surface area contributed by atoms with Crippen LogP contribution in [0, 0.1) is 5.92 Å². The van der Waals surface area contributed by atoms with Gasteiger partial charge in [-0.1, -0.05) is 88.9 Å². The maximum Gasteiger partial charge on any atom is 0.123 e. The fourth-order valence-electron chi connectivity index (χ4n) is 5.05. The van der Waals surface area contributed by atoms with Gasteiger partial charge in [-0.15, -0.1) is 5.16 Å². The zero-order valence-corrected chi connectivity index (χ0v) is 20.5. The molecule has 0 aliphatic heterocycles. The number of unbranched alkanes of at least 4 members (excludes halogenated alkanes) is 3. The largest absolute Gasteiger partial charge is 0.489 e. The molecular formula is C29H41NO3. The lowest BCUT2D eigenvalue weighted by Crippen LogP contribution is -2.28. The van der Waals surface area contributed by atoms with Gasteiger partial charge in [-0.2, -0.15) is 0 Å². The smallest absolute Gasteiger partial charge is 0.123 e. The van der Waals surface area contributed by atoms with Gasteiger partial charge in [0.25, 0.3) is 0 Å². The number of benzene rings is 2. The highest BCUT2D eigenvalue weighted by atomic mass is 16.5. The average molecular weight is 452 g/mol. The van der Waals surface area contributed by atoms with Crippen molar-refractivity contribution in [3.63, 3.8) is 0 Å². The highest BCUT2D eigenvalue weighted by Crippen LogP contribution is 2.43. The summed E-state index contributed by atoms with van der Waals surface area (Å²) in [4.78, 5) is 0. The van der Waals surface area contributed by atoms with Crippen LogP contribution in [0.5, 0.6) is 5.75 Å². The predicted octanol–water partition coefficient (Wildman–Crippen LogP) is 7.22. The normalized spacial score (nSPS) is 21.4. The maximum atomic E-state index is 10.4. The van der Waals surface area contributed by atoms with Crippen molar-refractivity contribution in [2.45, 2.75) is 96.2 Å². The average Bonchev–Trinajstić information content (AvgIpc) is 2.82. The summed E-state index contributed by atoms with van der Waals surface area (Å²) >= 11 is 0. The molecule has 1 aliphatic rings. The first kappa shape index (κ1) is 25.3. The molecule has 2 aromatic carbocycles. The Morgan fingerprint density at radius 3 is 2.58 bits per heavy atom. The molecular weight excluding hydrogens is 410 g/mol. The molecule has 0 unspecified atom stereocenters. The summed E-state index contributed by atoms with van der Waals surface area (Å²) in [5.74, 6) is 1.04. The van der Waals surface area contributed by atoms with Crippen molar-refractivity contribution in [2.75, 3.05) is 0 Å². The van der Waals surface area contributed by atoms with Crippen LogP contribution < -0.4 is 4.74 Å². The van der Waals surface area contributed by atoms with Crippen LogP contribution >= 0.6 is 0 Å². The van der Waals surface area contributed by atoms with Gasteiger partial charge in [-0.25, -0.2) is 0 Å². The standard InChI is InChI=1S/C29H41NO3/c1-4-5-6-10-17-29(2,3)24-14-16-26(27-19-25(31)15-13-23(27)20-30-32)28(18-24)33-21-22-11-8-7-9-12-22/h7-9,11-12,14,16,18,20,23,25,27,31-32H,4-6,10,13,15,17,19,21H2,1-3H3/t23-,25-,27+/m1/s1. The molecule has 3 atom stereocenters. The monoisotopic (exact) mass is 451 g/mol. The van der Waals surface area contributed by atoms with Gasteiger partial charge in [-0.05, 0) is 59.8 Å². The van der Waals surface area contributed by atoms with Crippen molar-refractivity contribution in [2.24, 2.45) is 11.1 Å². The van der Waals surface area contributed by atoms with Crippen LogP contribution in [-0.2, 0) is 12.0 Å². The summed E-state index contributed by atoms with van der Waals surface area (Å²) in [5.41, 5.74) is 3.58. The molecule has 33 heavy (non-hydrogen) atoms. The summed E-state index contributed by atoms with van der Waals surface area (Å²) in [6, 6.07) is 16.9. The minimum atomic E-state index is -0.338. The van der Waals surface area contributed by atoms with Crippen LogP contribution in [-0.4, -0.2) is 22.6 Å². The van der Waals surface area contributed by atoms with E-state index >= 15 is 0 Å². The van der Waals surface area contributed by atoms with Gasteiger partial charge >= 0.3 is 0 Å². The van der Waals surface area contributed by atoms with Gasteiger partial charge < -0.3 is 15.1 Å². The van der Waals surface area contributed by atoms with E-state index in [4.69, 9.17) is 4.74 Å². The first-order valence-electron chi connectivity index (χ1n) is 12.6. The Labute approximate surface area is 199 Å². The number of aliphatic hydroxyl groups excluding tert-OH is 1. The van der Waals surface area contributed by atoms with Crippen LogP contribution in [0.3, 0.4) is 0 Å². The molecule has 0 saturated heterocycles. The summed E-state index contributed by atoms with van der Waals surface area (Å²) in [6.07, 6.45) is 9.67. The van der Waals surface area contributed by atoms with Gasteiger partial charge in [0, 0.05) is 12.1 Å². The lowest BCUT2D eigenvalue weighted by Gasteiger charge is -2.34. The molecule has 0 amide bonds. The molecule has 0 radical (unpaired) electrons. The van der Waals surface area contributed by atoms with Gasteiger partial charge in [0.1, 0.15) is 12.4 Å². The SMILES string of the molecule is CCCCCCC(C)(C)c1ccc([C@H]2C[C@H](O)CC[C@@H]2C=NO)c(OCc2ccccc2)c1. The van der Waals surface area contributed by atoms with Crippen molar-refractivity contribution in [3.8, 4) is 5.75 Å². The second-order valence-electron chi connectivity index (χ2n) is 10.2. The summed E-state index contributed by atoms with van der Waals surface area (Å²) in [7, 11) is 0. The fraction of sp³-hybridized carbons (Fsp3) is 0.552. The van der Waals surface area contributed by atoms with Crippen LogP contribution in [0.2, 0.25) is 0 Å². The minimum Gasteiger partial charge on any atom is -0.489 e. The van der Waals surface area contributed by atoms with E-state index < -0.39 is 0 Å². The van der Waals surface area contributed by atoms with E-state index in [0.717, 1.165) is 36.1 Å². The first-order chi connectivity index (χ1) is 15.9. The van der Waals surface area contributed by atoms with Crippen LogP contribution in [0.4, 0.5) is 0 Å². The van der Waals surface area contributed by atoms with Crippen LogP contribution in [0.15, 0.2) is 53.7 Å². The lowest BCUT2D eigenvalue weighted by molar-refractivity contribution is 0.107. The Balaban J connectivity index is 1.90. The third-order valence-electron chi connectivity index (χ3n) is 7.22. The summed E-state index contributed by atoms with van der Waals surface area (Å²) in [5, 5.41) is 23.0. The number of hydrogen-bond acceptors (Lipinski definition) is 4. The highest BCUT2D eigenvalue weighted by Gasteiger charge is 2.33. The second-order valence-corrected chi connectivity index (χ2v) is 10.2. The minimum absolute atomic E-state index is 0.0646. The highest BCUT2D eigenvalue weighted by molar-refractivity contribution is 5.63. The molecule has 0 heterocycles. The second kappa shape index (κ2) is 12.2. The molecule has 2 N–H and O–H groups in total. The Bertz CT molecular complexity index is 878. The lowest BCUT2D eigenvalue weighted by atomic mass is 9.73. The van der Waals surface area contributed by atoms with Crippen molar-refractivity contribution >= 4 is 6.21 Å². The quantitative estimate of drug-likeness (QED) is 0.164. The van der Waals surface area contributed by atoms with Gasteiger partial charge in [0.15, 0.2) is 0 Å². The van der Waals surface area contributed by atoms with Crippen molar-refractivity contribution in [1.29, 1.82) is 0 Å². The maximum absolute atomic E-state index is 10.4. The number of oxime groups is 1. The van der Waals surface area contributed by atoms with Crippen molar-refractivity contribution in [3.05, 3.63) is 65.2 Å². The van der Waals surface area contributed by atoms with Gasteiger partial charge in [-0.3, -0.25) is 0 Å². The van der Waals surface area contributed by atoms with E-state index in [2.05, 4.69) is 56.3 Å². The predicted molar refractivity (Wildman–Crippen MR) is 135 cm³/mol. The molecule has 0 spiro atoms. The van der Waals surface area contributed by atoms with E-state index in [1.54, 1.807) is 6.21 Å². The topological polar surface area (TPSA) is 62.1 Å². The van der Waals surface area contributed by atoms with Gasteiger partial charge in [0.2, 0.25) is 0 Å². The molecule has 4 nitrogen and oxygen atoms in total. The van der Waals surface area contributed by atoms with E-state index in [-0.39, 0.29) is 23.4 Å². The third-order valence-corrected chi connectivity index (χ3v) is 7.22. The Hall–Kier alpha value is -2.33. The van der Waals surface area contributed by atoms with Crippen molar-refractivity contribution in [1.82, 2.24) is 0 Å². The fourth-order valence-corrected chi connectivity index (χ4v) is 5.05. The summed E-state index contributed by atoms with van der Waals surface area (Å²) < 4.78 is 6.43. The Morgan fingerprint density at radius 1 is 1.06 bits per heavy atom. The Kier molecular flexibility index (Phi) is 9.37. The van der Waals surface area contributed by atoms with Gasteiger partial charge in [0.05, 0.1) is 6.10 Å². The molecule has 1 saturated carbocycles. The van der Waals surface area contributed by atoms with E-state index in [1.807, 2.05) is 18.2 Å². The molecule has 1 fully saturated rings. The van der Waals surface area contributed by atoms with E-state index in [0.29, 0.717) is 13.0 Å². The molecule has 4 heteroatoms. The number of hydrogen-bond donors (Lipinski definition) is 2. The Morgan fingerprint density at radius 2 is 1.85 bits per heavy atom. The zero-order valence-electron chi connectivity index (χ0n) is 20.5. The number of aliphatic hydroxyl groups is 1. The number of rotatable bonds is 11. The molecule has 1 aliphatic carbocycles.